The van der Waals surface area contributed by atoms with Gasteiger partial charge in [-0.15, -0.1) is 0 Å². The molecule has 0 radical (unpaired) electrons. The summed E-state index contributed by atoms with van der Waals surface area (Å²) in [5.74, 6) is 0.676. The zero-order valence-corrected chi connectivity index (χ0v) is 12.9. The van der Waals surface area contributed by atoms with Gasteiger partial charge in [0.2, 0.25) is 5.95 Å². The number of nitrogen functional groups attached to an aromatic ring is 1. The predicted octanol–water partition coefficient (Wildman–Crippen LogP) is -0.696. The number of aliphatic hydroxyl groups is 1. The van der Waals surface area contributed by atoms with Gasteiger partial charge in [0, 0.05) is 14.1 Å². The SMILES string of the molecule is CN1c2c(nc(N)n(C)c2=O)N(COCCO)C1I. The summed E-state index contributed by atoms with van der Waals surface area (Å²) >= 11 is 2.19. The van der Waals surface area contributed by atoms with E-state index in [-0.39, 0.29) is 35.6 Å². The Morgan fingerprint density at radius 3 is 2.84 bits per heavy atom. The van der Waals surface area contributed by atoms with Crippen LogP contribution in [0.4, 0.5) is 17.5 Å². The molecule has 1 unspecified atom stereocenters. The summed E-state index contributed by atoms with van der Waals surface area (Å²) in [7, 11) is 3.41. The lowest BCUT2D eigenvalue weighted by atomic mass is 10.4. The molecule has 0 amide bonds. The minimum Gasteiger partial charge on any atom is -0.394 e. The maximum atomic E-state index is 12.2. The van der Waals surface area contributed by atoms with Crippen molar-refractivity contribution in [3.63, 3.8) is 0 Å². The third-order valence-electron chi connectivity index (χ3n) is 2.95. The predicted molar refractivity (Wildman–Crippen MR) is 80.5 cm³/mol. The van der Waals surface area contributed by atoms with Gasteiger partial charge in [0.25, 0.3) is 5.56 Å². The second-order valence-corrected chi connectivity index (χ2v) is 5.27. The van der Waals surface area contributed by atoms with Crippen molar-refractivity contribution in [2.45, 2.75) is 4.17 Å². The van der Waals surface area contributed by atoms with Gasteiger partial charge >= 0.3 is 0 Å². The molecule has 1 aliphatic rings. The maximum Gasteiger partial charge on any atom is 0.280 e. The highest BCUT2D eigenvalue weighted by Gasteiger charge is 2.36. The Kier molecular flexibility index (Phi) is 4.16. The fourth-order valence-electron chi connectivity index (χ4n) is 1.87. The van der Waals surface area contributed by atoms with E-state index in [2.05, 4.69) is 27.6 Å². The number of hydrogen-bond donors (Lipinski definition) is 2. The molecule has 2 rings (SSSR count). The Balaban J connectivity index is 2.40. The number of hydrogen-bond acceptors (Lipinski definition) is 7. The third-order valence-corrected chi connectivity index (χ3v) is 4.46. The number of halogens is 1. The molecule has 0 saturated heterocycles. The second kappa shape index (κ2) is 5.51. The van der Waals surface area contributed by atoms with Crippen LogP contribution in [-0.2, 0) is 11.8 Å². The minimum atomic E-state index is -0.184. The van der Waals surface area contributed by atoms with E-state index in [9.17, 15) is 4.79 Å². The number of nitrogens with zero attached hydrogens (tertiary/aromatic N) is 4. The van der Waals surface area contributed by atoms with Crippen LogP contribution >= 0.6 is 22.6 Å². The summed E-state index contributed by atoms with van der Waals surface area (Å²) in [6.45, 7) is 0.429. The molecule has 8 nitrogen and oxygen atoms in total. The number of nitrogens with two attached hydrogens (primary N) is 1. The van der Waals surface area contributed by atoms with Crippen molar-refractivity contribution in [1.82, 2.24) is 9.55 Å². The summed E-state index contributed by atoms with van der Waals surface area (Å²) in [6.07, 6.45) is 0. The molecule has 0 aromatic carbocycles. The quantitative estimate of drug-likeness (QED) is 0.308. The number of aromatic nitrogens is 2. The molecule has 0 bridgehead atoms. The number of rotatable bonds is 4. The summed E-state index contributed by atoms with van der Waals surface area (Å²) in [4.78, 5) is 20.1. The van der Waals surface area contributed by atoms with Gasteiger partial charge in [-0.3, -0.25) is 9.36 Å². The average molecular weight is 381 g/mol. The minimum absolute atomic E-state index is 0.0471. The monoisotopic (exact) mass is 381 g/mol. The van der Waals surface area contributed by atoms with Crippen molar-refractivity contribution in [1.29, 1.82) is 0 Å². The topological polar surface area (TPSA) is 96.9 Å². The van der Waals surface area contributed by atoms with E-state index >= 15 is 0 Å². The molecule has 0 fully saturated rings. The first-order chi connectivity index (χ1) is 8.99. The van der Waals surface area contributed by atoms with Crippen LogP contribution in [0.25, 0.3) is 0 Å². The molecular weight excluding hydrogens is 365 g/mol. The number of alkyl halides is 1. The van der Waals surface area contributed by atoms with Gasteiger partial charge in [0.05, 0.1) is 13.2 Å². The Hall–Kier alpha value is -1.07. The smallest absolute Gasteiger partial charge is 0.280 e. The average Bonchev–Trinajstić information content (AvgIpc) is 2.61. The van der Waals surface area contributed by atoms with E-state index in [4.69, 9.17) is 15.6 Å². The van der Waals surface area contributed by atoms with Crippen molar-refractivity contribution in [2.75, 3.05) is 42.5 Å². The normalized spacial score (nSPS) is 18.0. The fraction of sp³-hybridized carbons (Fsp3) is 0.600. The van der Waals surface area contributed by atoms with Crippen molar-refractivity contribution in [2.24, 2.45) is 7.05 Å². The van der Waals surface area contributed by atoms with Crippen LogP contribution in [0, 0.1) is 0 Å². The van der Waals surface area contributed by atoms with Crippen molar-refractivity contribution >= 4 is 40.0 Å². The molecule has 19 heavy (non-hydrogen) atoms. The van der Waals surface area contributed by atoms with Gasteiger partial charge in [-0.1, -0.05) is 0 Å². The van der Waals surface area contributed by atoms with Crippen LogP contribution in [0.15, 0.2) is 4.79 Å². The summed E-state index contributed by atoms with van der Waals surface area (Å²) < 4.78 is 6.53. The van der Waals surface area contributed by atoms with Gasteiger partial charge < -0.3 is 25.4 Å². The lowest BCUT2D eigenvalue weighted by molar-refractivity contribution is 0.0925. The zero-order chi connectivity index (χ0) is 14.2. The Labute approximate surface area is 123 Å². The lowest BCUT2D eigenvalue weighted by Gasteiger charge is -2.24. The lowest BCUT2D eigenvalue weighted by Crippen LogP contribution is -2.38. The second-order valence-electron chi connectivity index (χ2n) is 4.16. The molecule has 106 valence electrons. The Morgan fingerprint density at radius 2 is 2.21 bits per heavy atom. The highest BCUT2D eigenvalue weighted by atomic mass is 127. The van der Waals surface area contributed by atoms with E-state index in [0.717, 1.165) is 0 Å². The molecular formula is C10H16IN5O3. The molecule has 1 aromatic rings. The molecule has 1 aromatic heterocycles. The number of ether oxygens (including phenoxy) is 1. The molecule has 0 saturated carbocycles. The van der Waals surface area contributed by atoms with Crippen LogP contribution in [0.5, 0.6) is 0 Å². The van der Waals surface area contributed by atoms with Gasteiger partial charge in [-0.2, -0.15) is 4.98 Å². The van der Waals surface area contributed by atoms with Gasteiger partial charge in [-0.05, 0) is 22.6 Å². The van der Waals surface area contributed by atoms with Crippen LogP contribution in [0.3, 0.4) is 0 Å². The van der Waals surface area contributed by atoms with E-state index in [1.165, 1.54) is 4.57 Å². The van der Waals surface area contributed by atoms with E-state index < -0.39 is 0 Å². The van der Waals surface area contributed by atoms with Crippen molar-refractivity contribution in [3.05, 3.63) is 10.4 Å². The Bertz CT molecular complexity index is 535. The first-order valence-corrected chi connectivity index (χ1v) is 6.92. The standard InChI is InChI=1S/C10H16IN5O3/c1-14-6-7(13-10(12)15(2)8(6)18)16(9(14)11)5-19-4-3-17/h9,17H,3-5H2,1-2H3,(H2,12,13). The zero-order valence-electron chi connectivity index (χ0n) is 10.7. The highest BCUT2D eigenvalue weighted by molar-refractivity contribution is 14.1. The largest absolute Gasteiger partial charge is 0.394 e. The summed E-state index contributed by atoms with van der Waals surface area (Å²) in [5.41, 5.74) is 6.04. The number of fused-ring (bicyclic) bond motifs is 1. The van der Waals surface area contributed by atoms with E-state index in [1.807, 2.05) is 16.8 Å². The third kappa shape index (κ3) is 2.37. The molecule has 1 aliphatic heterocycles. The molecule has 9 heteroatoms. The maximum absolute atomic E-state index is 12.2. The van der Waals surface area contributed by atoms with Crippen LogP contribution in [-0.4, -0.2) is 45.8 Å². The van der Waals surface area contributed by atoms with E-state index in [1.54, 1.807) is 7.05 Å². The van der Waals surface area contributed by atoms with Crippen LogP contribution in [0.2, 0.25) is 0 Å². The molecule has 0 aliphatic carbocycles. The number of anilines is 3. The van der Waals surface area contributed by atoms with Gasteiger partial charge in [0.15, 0.2) is 9.99 Å². The molecule has 1 atom stereocenters. The summed E-state index contributed by atoms with van der Waals surface area (Å²) in [5, 5.41) is 8.73. The molecule has 0 spiro atoms. The first-order valence-electron chi connectivity index (χ1n) is 5.67. The van der Waals surface area contributed by atoms with Crippen LogP contribution < -0.4 is 21.1 Å². The fourth-order valence-corrected chi connectivity index (χ4v) is 2.57. The Morgan fingerprint density at radius 1 is 1.53 bits per heavy atom. The van der Waals surface area contributed by atoms with Gasteiger partial charge in [-0.25, -0.2) is 0 Å². The number of aliphatic hydroxyl groups excluding tert-OH is 1. The molecule has 3 N–H and O–H groups in total. The van der Waals surface area contributed by atoms with Crippen molar-refractivity contribution < 1.29 is 9.84 Å². The molecule has 2 heterocycles. The van der Waals surface area contributed by atoms with Crippen LogP contribution in [0.1, 0.15) is 0 Å². The summed E-state index contributed by atoms with van der Waals surface area (Å²) in [6, 6.07) is 0. The first kappa shape index (κ1) is 14.3. The van der Waals surface area contributed by atoms with E-state index in [0.29, 0.717) is 11.5 Å². The highest BCUT2D eigenvalue weighted by Crippen LogP contribution is 2.36. The van der Waals surface area contributed by atoms with Gasteiger partial charge in [0.1, 0.15) is 12.4 Å². The van der Waals surface area contributed by atoms with Crippen molar-refractivity contribution in [3.8, 4) is 0 Å².